The van der Waals surface area contributed by atoms with E-state index >= 15 is 0 Å². The van der Waals surface area contributed by atoms with Crippen LogP contribution in [0, 0.1) is 5.92 Å². The van der Waals surface area contributed by atoms with Gasteiger partial charge in [-0.05, 0) is 18.7 Å². The third kappa shape index (κ3) is 3.00. The Bertz CT molecular complexity index is 853. The number of fused-ring (bicyclic) bond motifs is 2. The molecule has 1 aliphatic carbocycles. The third-order valence-corrected chi connectivity index (χ3v) is 5.16. The van der Waals surface area contributed by atoms with Gasteiger partial charge in [0, 0.05) is 24.6 Å². The molecule has 0 bridgehead atoms. The monoisotopic (exact) mass is 368 g/mol. The van der Waals surface area contributed by atoms with E-state index < -0.39 is 0 Å². The zero-order valence-electron chi connectivity index (χ0n) is 15.8. The Morgan fingerprint density at radius 1 is 1.15 bits per heavy atom. The SMILES string of the molecule is CNCCON=C1c2cc(OC)c(OC)cc2OC2(c3ccccc3)CC12. The fraction of sp³-hybridized carbons (Fsp3) is 0.381. The van der Waals surface area contributed by atoms with Crippen molar-refractivity contribution in [3.05, 3.63) is 53.6 Å². The molecule has 2 atom stereocenters. The quantitative estimate of drug-likeness (QED) is 0.601. The first-order valence-electron chi connectivity index (χ1n) is 9.09. The lowest BCUT2D eigenvalue weighted by Crippen LogP contribution is -2.28. The first-order chi connectivity index (χ1) is 13.2. The van der Waals surface area contributed by atoms with Gasteiger partial charge in [-0.3, -0.25) is 0 Å². The Labute approximate surface area is 159 Å². The standard InChI is InChI=1S/C21H24N2O4/c1-22-9-10-26-23-20-15-11-18(24-2)19(25-3)12-17(15)27-21(13-16(20)21)14-7-5-4-6-8-14/h4-8,11-12,16,22H,9-10,13H2,1-3H3. The second kappa shape index (κ2) is 7.12. The van der Waals surface area contributed by atoms with E-state index in [1.54, 1.807) is 14.2 Å². The van der Waals surface area contributed by atoms with Crippen LogP contribution in [0.4, 0.5) is 0 Å². The maximum Gasteiger partial charge on any atom is 0.164 e. The van der Waals surface area contributed by atoms with Gasteiger partial charge in [0.25, 0.3) is 0 Å². The van der Waals surface area contributed by atoms with Crippen molar-refractivity contribution in [1.29, 1.82) is 0 Å². The molecule has 6 nitrogen and oxygen atoms in total. The van der Waals surface area contributed by atoms with Crippen LogP contribution in [0.15, 0.2) is 47.6 Å². The first kappa shape index (κ1) is 17.7. The van der Waals surface area contributed by atoms with Crippen LogP contribution in [0.5, 0.6) is 17.2 Å². The highest BCUT2D eigenvalue weighted by molar-refractivity contribution is 6.08. The molecular formula is C21H24N2O4. The molecular weight excluding hydrogens is 344 g/mol. The van der Waals surface area contributed by atoms with Crippen LogP contribution in [0.25, 0.3) is 0 Å². The highest BCUT2D eigenvalue weighted by Gasteiger charge is 2.64. The van der Waals surface area contributed by atoms with Crippen LogP contribution in [-0.4, -0.2) is 40.1 Å². The Balaban J connectivity index is 1.76. The summed E-state index contributed by atoms with van der Waals surface area (Å²) in [5.74, 6) is 2.17. The maximum atomic E-state index is 6.49. The molecule has 6 heteroatoms. The summed E-state index contributed by atoms with van der Waals surface area (Å²) in [6.45, 7) is 1.25. The summed E-state index contributed by atoms with van der Waals surface area (Å²) in [7, 11) is 5.13. The molecule has 0 saturated heterocycles. The smallest absolute Gasteiger partial charge is 0.164 e. The van der Waals surface area contributed by atoms with Crippen LogP contribution >= 0.6 is 0 Å². The fourth-order valence-electron chi connectivity index (χ4n) is 3.68. The number of benzene rings is 2. The van der Waals surface area contributed by atoms with Crippen LogP contribution in [0.2, 0.25) is 0 Å². The zero-order valence-corrected chi connectivity index (χ0v) is 15.8. The summed E-state index contributed by atoms with van der Waals surface area (Å²) in [5, 5.41) is 7.54. The molecule has 2 unspecified atom stereocenters. The van der Waals surface area contributed by atoms with Gasteiger partial charge < -0.3 is 24.4 Å². The Morgan fingerprint density at radius 3 is 2.59 bits per heavy atom. The number of hydrogen-bond acceptors (Lipinski definition) is 6. The number of likely N-dealkylation sites (N-methyl/N-ethyl adjacent to an activating group) is 1. The van der Waals surface area contributed by atoms with E-state index in [-0.39, 0.29) is 11.5 Å². The van der Waals surface area contributed by atoms with Crippen molar-refractivity contribution in [2.75, 3.05) is 34.4 Å². The molecule has 0 radical (unpaired) electrons. The average Bonchev–Trinajstić information content (AvgIpc) is 3.45. The second-order valence-corrected chi connectivity index (χ2v) is 6.73. The van der Waals surface area contributed by atoms with Crippen molar-refractivity contribution in [2.45, 2.75) is 12.0 Å². The number of methoxy groups -OCH3 is 2. The van der Waals surface area contributed by atoms with Crippen LogP contribution < -0.4 is 19.5 Å². The molecule has 1 aliphatic heterocycles. The van der Waals surface area contributed by atoms with E-state index in [1.807, 2.05) is 37.4 Å². The van der Waals surface area contributed by atoms with Crippen molar-refractivity contribution < 1.29 is 19.0 Å². The molecule has 1 saturated carbocycles. The summed E-state index contributed by atoms with van der Waals surface area (Å²) in [4.78, 5) is 5.58. The normalized spacial score (nSPS) is 23.8. The summed E-state index contributed by atoms with van der Waals surface area (Å²) in [5.41, 5.74) is 2.56. The van der Waals surface area contributed by atoms with Crippen LogP contribution in [-0.2, 0) is 10.4 Å². The summed E-state index contributed by atoms with van der Waals surface area (Å²) in [6.07, 6.45) is 0.866. The highest BCUT2D eigenvalue weighted by Crippen LogP contribution is 2.61. The lowest BCUT2D eigenvalue weighted by Gasteiger charge is -2.28. The molecule has 2 aromatic carbocycles. The van der Waals surface area contributed by atoms with E-state index in [0.717, 1.165) is 35.6 Å². The number of ether oxygens (including phenoxy) is 3. The predicted molar refractivity (Wildman–Crippen MR) is 103 cm³/mol. The van der Waals surface area contributed by atoms with Crippen molar-refractivity contribution in [2.24, 2.45) is 11.1 Å². The molecule has 142 valence electrons. The molecule has 4 rings (SSSR count). The minimum Gasteiger partial charge on any atom is -0.493 e. The Hall–Kier alpha value is -2.73. The molecule has 27 heavy (non-hydrogen) atoms. The van der Waals surface area contributed by atoms with Gasteiger partial charge in [-0.1, -0.05) is 35.5 Å². The Kier molecular flexibility index (Phi) is 4.66. The van der Waals surface area contributed by atoms with Crippen molar-refractivity contribution in [3.63, 3.8) is 0 Å². The van der Waals surface area contributed by atoms with Gasteiger partial charge in [-0.25, -0.2) is 0 Å². The van der Waals surface area contributed by atoms with Gasteiger partial charge in [0.2, 0.25) is 0 Å². The van der Waals surface area contributed by atoms with E-state index in [1.165, 1.54) is 0 Å². The van der Waals surface area contributed by atoms with E-state index in [0.29, 0.717) is 18.1 Å². The molecule has 1 heterocycles. The van der Waals surface area contributed by atoms with E-state index in [9.17, 15) is 0 Å². The van der Waals surface area contributed by atoms with E-state index in [4.69, 9.17) is 19.0 Å². The summed E-state index contributed by atoms with van der Waals surface area (Å²) in [6, 6.07) is 14.1. The molecule has 0 spiro atoms. The minimum absolute atomic E-state index is 0.153. The van der Waals surface area contributed by atoms with Crippen molar-refractivity contribution >= 4 is 5.71 Å². The third-order valence-electron chi connectivity index (χ3n) is 5.16. The number of nitrogens with zero attached hydrogens (tertiary/aromatic N) is 1. The van der Waals surface area contributed by atoms with Crippen LogP contribution in [0.3, 0.4) is 0 Å². The Morgan fingerprint density at radius 2 is 1.89 bits per heavy atom. The average molecular weight is 368 g/mol. The number of rotatable bonds is 7. The minimum atomic E-state index is -0.390. The van der Waals surface area contributed by atoms with Crippen molar-refractivity contribution in [3.8, 4) is 17.2 Å². The van der Waals surface area contributed by atoms with Crippen LogP contribution in [0.1, 0.15) is 17.5 Å². The van der Waals surface area contributed by atoms with E-state index in [2.05, 4.69) is 22.6 Å². The lowest BCUT2D eigenvalue weighted by molar-refractivity contribution is 0.139. The van der Waals surface area contributed by atoms with Gasteiger partial charge in [-0.15, -0.1) is 0 Å². The largest absolute Gasteiger partial charge is 0.493 e. The summed E-state index contributed by atoms with van der Waals surface area (Å²) >= 11 is 0. The second-order valence-electron chi connectivity index (χ2n) is 6.73. The number of oxime groups is 1. The van der Waals surface area contributed by atoms with Gasteiger partial charge in [0.1, 0.15) is 18.0 Å². The zero-order chi connectivity index (χ0) is 18.9. The summed E-state index contributed by atoms with van der Waals surface area (Å²) < 4.78 is 17.4. The maximum absolute atomic E-state index is 6.49. The molecule has 1 N–H and O–H groups in total. The first-order valence-corrected chi connectivity index (χ1v) is 9.09. The topological polar surface area (TPSA) is 61.3 Å². The molecule has 2 aromatic rings. The number of nitrogens with one attached hydrogen (secondary N) is 1. The number of hydrogen-bond donors (Lipinski definition) is 1. The highest BCUT2D eigenvalue weighted by atomic mass is 16.6. The van der Waals surface area contributed by atoms with Gasteiger partial charge in [0.15, 0.2) is 11.5 Å². The molecule has 2 aliphatic rings. The van der Waals surface area contributed by atoms with Gasteiger partial charge in [-0.2, -0.15) is 0 Å². The predicted octanol–water partition coefficient (Wildman–Crippen LogP) is 2.95. The van der Waals surface area contributed by atoms with Gasteiger partial charge >= 0.3 is 0 Å². The molecule has 1 fully saturated rings. The lowest BCUT2D eigenvalue weighted by atomic mass is 9.95. The van der Waals surface area contributed by atoms with Gasteiger partial charge in [0.05, 0.1) is 25.8 Å². The molecule has 0 aromatic heterocycles. The molecule has 0 amide bonds. The van der Waals surface area contributed by atoms with Crippen molar-refractivity contribution in [1.82, 2.24) is 5.32 Å². The fourth-order valence-corrected chi connectivity index (χ4v) is 3.68.